The van der Waals surface area contributed by atoms with Gasteiger partial charge in [-0.15, -0.1) is 9.78 Å². The summed E-state index contributed by atoms with van der Waals surface area (Å²) in [7, 11) is 5.28. The van der Waals surface area contributed by atoms with E-state index < -0.39 is 17.5 Å². The fourth-order valence-corrected chi connectivity index (χ4v) is 4.08. The van der Waals surface area contributed by atoms with E-state index in [0.29, 0.717) is 23.8 Å². The summed E-state index contributed by atoms with van der Waals surface area (Å²) in [5, 5.41) is 9.41. The third kappa shape index (κ3) is 5.38. The van der Waals surface area contributed by atoms with Crippen molar-refractivity contribution in [1.82, 2.24) is 34.6 Å². The number of likely N-dealkylation sites (N-methyl/N-ethyl adjacent to an activating group) is 1. The van der Waals surface area contributed by atoms with Crippen molar-refractivity contribution >= 4 is 22.3 Å². The van der Waals surface area contributed by atoms with E-state index in [9.17, 15) is 4.79 Å². The number of nitrogens with two attached hydrogens (primary N) is 1. The van der Waals surface area contributed by atoms with E-state index in [-0.39, 0.29) is 29.7 Å². The summed E-state index contributed by atoms with van der Waals surface area (Å²) in [6, 6.07) is 9.20. The van der Waals surface area contributed by atoms with Crippen LogP contribution in [0.1, 0.15) is 17.4 Å². The number of hydrogen-bond acceptors (Lipinski definition) is 9. The molecule has 0 fully saturated rings. The standard InChI is InChI=1S/C26H28FN9O3/c1-35(2)9-10-39-20-13-17(38-3)12-19(21(20)27)22(32-16-5-6-18-15(11-16)14-31-23(18)28)24-33-26(37)36(34-24)25-29-7-4-8-30-25/h4-8,11-14,22,31-32H,9-10,28H2,1-3H3,(H,33,34,37). The van der Waals surface area contributed by atoms with E-state index in [1.54, 1.807) is 12.3 Å². The molecule has 0 bridgehead atoms. The highest BCUT2D eigenvalue weighted by Crippen LogP contribution is 2.35. The van der Waals surface area contributed by atoms with E-state index in [4.69, 9.17) is 15.2 Å². The average molecular weight is 534 g/mol. The highest BCUT2D eigenvalue weighted by Gasteiger charge is 2.27. The molecule has 0 radical (unpaired) electrons. The third-order valence-electron chi connectivity index (χ3n) is 6.07. The summed E-state index contributed by atoms with van der Waals surface area (Å²) in [5.41, 5.74) is 6.19. The molecule has 0 spiro atoms. The van der Waals surface area contributed by atoms with Crippen molar-refractivity contribution in [2.24, 2.45) is 0 Å². The van der Waals surface area contributed by atoms with Crippen molar-refractivity contribution in [3.05, 3.63) is 82.7 Å². The van der Waals surface area contributed by atoms with E-state index in [0.717, 1.165) is 15.5 Å². The number of aromatic amines is 2. The van der Waals surface area contributed by atoms with Crippen LogP contribution in [0.25, 0.3) is 16.7 Å². The van der Waals surface area contributed by atoms with Gasteiger partial charge in [-0.2, -0.15) is 0 Å². The first-order chi connectivity index (χ1) is 18.8. The van der Waals surface area contributed by atoms with Gasteiger partial charge in [0.15, 0.2) is 17.4 Å². The quantitative estimate of drug-likeness (QED) is 0.212. The Balaban J connectivity index is 1.61. The minimum absolute atomic E-state index is 0.0139. The Hall–Kier alpha value is -4.91. The van der Waals surface area contributed by atoms with Crippen LogP contribution in [0.5, 0.6) is 11.5 Å². The van der Waals surface area contributed by atoms with Crippen molar-refractivity contribution in [1.29, 1.82) is 0 Å². The van der Waals surface area contributed by atoms with E-state index in [1.807, 2.05) is 37.2 Å². The lowest BCUT2D eigenvalue weighted by atomic mass is 10.0. The predicted octanol–water partition coefficient (Wildman–Crippen LogP) is 2.70. The fraction of sp³-hybridized carbons (Fsp3) is 0.231. The zero-order valence-corrected chi connectivity index (χ0v) is 21.6. The summed E-state index contributed by atoms with van der Waals surface area (Å²) in [6.45, 7) is 0.847. The topological polar surface area (TPSA) is 152 Å². The molecule has 3 heterocycles. The molecule has 0 aliphatic rings. The maximum Gasteiger partial charge on any atom is 0.350 e. The molecule has 5 rings (SSSR count). The molecule has 1 unspecified atom stereocenters. The molecule has 12 nitrogen and oxygen atoms in total. The van der Waals surface area contributed by atoms with Gasteiger partial charge in [0.25, 0.3) is 5.95 Å². The number of ether oxygens (including phenoxy) is 2. The molecular weight excluding hydrogens is 505 g/mol. The lowest BCUT2D eigenvalue weighted by Gasteiger charge is -2.21. The second-order valence-corrected chi connectivity index (χ2v) is 9.04. The SMILES string of the molecule is COc1cc(OCCN(C)C)c(F)c(C(Nc2ccc3c(N)[nH]cc3c2)c2nn(-c3ncccn3)c(=O)[nH]2)c1. The van der Waals surface area contributed by atoms with Gasteiger partial charge in [-0.1, -0.05) is 0 Å². The summed E-state index contributed by atoms with van der Waals surface area (Å²) >= 11 is 0. The summed E-state index contributed by atoms with van der Waals surface area (Å²) in [4.78, 5) is 28.7. The molecule has 1 atom stereocenters. The maximum atomic E-state index is 16.0. The highest BCUT2D eigenvalue weighted by molar-refractivity contribution is 5.94. The highest BCUT2D eigenvalue weighted by atomic mass is 19.1. The van der Waals surface area contributed by atoms with Gasteiger partial charge in [-0.05, 0) is 44.4 Å². The summed E-state index contributed by atoms with van der Waals surface area (Å²) in [5.74, 6) is 0.516. The Morgan fingerprint density at radius 3 is 2.74 bits per heavy atom. The van der Waals surface area contributed by atoms with Crippen LogP contribution in [0.3, 0.4) is 0 Å². The second-order valence-electron chi connectivity index (χ2n) is 9.04. The Labute approximate surface area is 222 Å². The number of methoxy groups -OCH3 is 1. The number of rotatable bonds is 10. The van der Waals surface area contributed by atoms with Gasteiger partial charge in [-0.25, -0.2) is 19.2 Å². The van der Waals surface area contributed by atoms with Gasteiger partial charge in [0.1, 0.15) is 24.2 Å². The number of aromatic nitrogens is 6. The molecule has 202 valence electrons. The Morgan fingerprint density at radius 1 is 1.21 bits per heavy atom. The van der Waals surface area contributed by atoms with Crippen LogP contribution in [0.2, 0.25) is 0 Å². The molecule has 0 aliphatic carbocycles. The first kappa shape index (κ1) is 25.7. The molecule has 3 aromatic heterocycles. The minimum Gasteiger partial charge on any atom is -0.497 e. The first-order valence-electron chi connectivity index (χ1n) is 12.1. The van der Waals surface area contributed by atoms with E-state index in [2.05, 4.69) is 30.4 Å². The lowest BCUT2D eigenvalue weighted by Crippen LogP contribution is -2.20. The van der Waals surface area contributed by atoms with Crippen molar-refractivity contribution in [3.63, 3.8) is 0 Å². The molecule has 39 heavy (non-hydrogen) atoms. The Kier molecular flexibility index (Phi) is 7.14. The van der Waals surface area contributed by atoms with Gasteiger partial charge in [0.2, 0.25) is 0 Å². The normalized spacial score (nSPS) is 12.1. The smallest absolute Gasteiger partial charge is 0.350 e. The molecule has 0 aliphatic heterocycles. The van der Waals surface area contributed by atoms with Crippen LogP contribution < -0.4 is 26.2 Å². The van der Waals surface area contributed by atoms with Gasteiger partial charge in [0.05, 0.1) is 7.11 Å². The number of nitrogens with one attached hydrogen (secondary N) is 3. The van der Waals surface area contributed by atoms with Crippen LogP contribution in [0.4, 0.5) is 15.9 Å². The number of hydrogen-bond donors (Lipinski definition) is 4. The molecule has 5 aromatic rings. The number of anilines is 2. The molecule has 13 heteroatoms. The van der Waals surface area contributed by atoms with Crippen LogP contribution in [-0.2, 0) is 0 Å². The maximum absolute atomic E-state index is 16.0. The second kappa shape index (κ2) is 10.8. The minimum atomic E-state index is -0.956. The lowest BCUT2D eigenvalue weighted by molar-refractivity contribution is 0.250. The van der Waals surface area contributed by atoms with Crippen molar-refractivity contribution < 1.29 is 13.9 Å². The monoisotopic (exact) mass is 533 g/mol. The number of nitrogen functional groups attached to an aromatic ring is 1. The van der Waals surface area contributed by atoms with Crippen LogP contribution in [-0.4, -0.2) is 69.0 Å². The van der Waals surface area contributed by atoms with E-state index >= 15 is 4.39 Å². The molecule has 2 aromatic carbocycles. The molecular formula is C26H28FN9O3. The van der Waals surface area contributed by atoms with Gasteiger partial charge < -0.3 is 30.4 Å². The van der Waals surface area contributed by atoms with Gasteiger partial charge in [-0.3, -0.25) is 4.98 Å². The zero-order valence-electron chi connectivity index (χ0n) is 21.6. The summed E-state index contributed by atoms with van der Waals surface area (Å²) in [6.07, 6.45) is 4.77. The number of fused-ring (bicyclic) bond motifs is 1. The van der Waals surface area contributed by atoms with Crippen LogP contribution in [0.15, 0.2) is 59.8 Å². The van der Waals surface area contributed by atoms with Crippen LogP contribution >= 0.6 is 0 Å². The van der Waals surface area contributed by atoms with Crippen molar-refractivity contribution in [2.45, 2.75) is 6.04 Å². The Morgan fingerprint density at radius 2 is 2.00 bits per heavy atom. The predicted molar refractivity (Wildman–Crippen MR) is 145 cm³/mol. The fourth-order valence-electron chi connectivity index (χ4n) is 4.08. The third-order valence-corrected chi connectivity index (χ3v) is 6.07. The Bertz CT molecular complexity index is 1650. The van der Waals surface area contributed by atoms with Gasteiger partial charge in [0, 0.05) is 53.2 Å². The van der Waals surface area contributed by atoms with Gasteiger partial charge >= 0.3 is 5.69 Å². The molecule has 0 saturated carbocycles. The average Bonchev–Trinajstić information content (AvgIpc) is 3.50. The van der Waals surface area contributed by atoms with E-state index in [1.165, 1.54) is 31.6 Å². The summed E-state index contributed by atoms with van der Waals surface area (Å²) < 4.78 is 28.3. The van der Waals surface area contributed by atoms with Crippen molar-refractivity contribution in [2.75, 3.05) is 45.4 Å². The largest absolute Gasteiger partial charge is 0.497 e. The number of H-pyrrole nitrogens is 2. The number of halogens is 1. The molecule has 5 N–H and O–H groups in total. The zero-order chi connectivity index (χ0) is 27.5. The molecule has 0 saturated heterocycles. The van der Waals surface area contributed by atoms with Crippen LogP contribution in [0, 0.1) is 5.82 Å². The number of benzene rings is 2. The van der Waals surface area contributed by atoms with Crippen molar-refractivity contribution in [3.8, 4) is 17.4 Å². The molecule has 0 amide bonds. The first-order valence-corrected chi connectivity index (χ1v) is 12.1. The number of nitrogens with zero attached hydrogens (tertiary/aromatic N) is 5.